The Morgan fingerprint density at radius 3 is 2.30 bits per heavy atom. The van der Waals surface area contributed by atoms with Gasteiger partial charge >= 0.3 is 0 Å². The van der Waals surface area contributed by atoms with E-state index in [1.54, 1.807) is 0 Å². The van der Waals surface area contributed by atoms with Gasteiger partial charge in [0.05, 0.1) is 0 Å². The highest BCUT2D eigenvalue weighted by molar-refractivity contribution is 5.22. The molecule has 0 aliphatic rings. The van der Waals surface area contributed by atoms with Gasteiger partial charge in [0.15, 0.2) is 23.3 Å². The number of benzene rings is 2. The van der Waals surface area contributed by atoms with Gasteiger partial charge in [-0.1, -0.05) is 18.2 Å². The summed E-state index contributed by atoms with van der Waals surface area (Å²) in [6, 6.07) is 6.84. The highest BCUT2D eigenvalue weighted by Gasteiger charge is 2.13. The molecule has 0 heterocycles. The Bertz CT molecular complexity index is 613. The average molecular weight is 283 g/mol. The van der Waals surface area contributed by atoms with Crippen LogP contribution in [-0.2, 0) is 12.8 Å². The van der Waals surface area contributed by atoms with Crippen molar-refractivity contribution in [3.63, 3.8) is 0 Å². The largest absolute Gasteiger partial charge is 0.327 e. The van der Waals surface area contributed by atoms with Crippen LogP contribution in [-0.4, -0.2) is 6.04 Å². The molecule has 0 amide bonds. The van der Waals surface area contributed by atoms with Crippen LogP contribution in [0.2, 0.25) is 0 Å². The summed E-state index contributed by atoms with van der Waals surface area (Å²) in [5.41, 5.74) is 6.51. The van der Waals surface area contributed by atoms with Crippen molar-refractivity contribution in [3.05, 3.63) is 70.8 Å². The van der Waals surface area contributed by atoms with Crippen LogP contribution in [0, 0.1) is 23.3 Å². The highest BCUT2D eigenvalue weighted by Crippen LogP contribution is 2.15. The van der Waals surface area contributed by atoms with Crippen molar-refractivity contribution in [2.75, 3.05) is 0 Å². The second-order valence-electron chi connectivity index (χ2n) is 4.63. The second kappa shape index (κ2) is 6.05. The topological polar surface area (TPSA) is 26.0 Å². The summed E-state index contributed by atoms with van der Waals surface area (Å²) in [5.74, 6) is -3.74. The van der Waals surface area contributed by atoms with Gasteiger partial charge in [-0.3, -0.25) is 0 Å². The molecule has 1 unspecified atom stereocenters. The fourth-order valence-electron chi connectivity index (χ4n) is 2.03. The third-order valence-corrected chi connectivity index (χ3v) is 3.00. The van der Waals surface area contributed by atoms with E-state index in [0.29, 0.717) is 5.56 Å². The number of nitrogens with two attached hydrogens (primary N) is 1. The van der Waals surface area contributed by atoms with Crippen molar-refractivity contribution >= 4 is 0 Å². The van der Waals surface area contributed by atoms with Crippen LogP contribution < -0.4 is 5.73 Å². The second-order valence-corrected chi connectivity index (χ2v) is 4.63. The molecular formula is C15H13F4N. The third kappa shape index (κ3) is 3.36. The molecule has 5 heteroatoms. The van der Waals surface area contributed by atoms with Gasteiger partial charge in [-0.15, -0.1) is 0 Å². The standard InChI is InChI=1S/C15H13F4N/c16-12-5-4-9(7-14(12)18)6-11(20)8-10-2-1-3-13(17)15(10)19/h1-5,7,11H,6,8,20H2. The van der Waals surface area contributed by atoms with Crippen molar-refractivity contribution in [3.8, 4) is 0 Å². The van der Waals surface area contributed by atoms with Gasteiger partial charge < -0.3 is 5.73 Å². The predicted octanol–water partition coefficient (Wildman–Crippen LogP) is 3.36. The number of halogens is 4. The molecule has 0 spiro atoms. The molecule has 0 radical (unpaired) electrons. The van der Waals surface area contributed by atoms with Crippen LogP contribution >= 0.6 is 0 Å². The summed E-state index contributed by atoms with van der Waals surface area (Å²) in [7, 11) is 0. The smallest absolute Gasteiger partial charge is 0.162 e. The molecule has 0 aromatic heterocycles. The first-order valence-electron chi connectivity index (χ1n) is 6.09. The van der Waals surface area contributed by atoms with E-state index in [0.717, 1.165) is 18.2 Å². The fraction of sp³-hybridized carbons (Fsp3) is 0.200. The molecule has 2 rings (SSSR count). The lowest BCUT2D eigenvalue weighted by molar-refractivity contribution is 0.491. The van der Waals surface area contributed by atoms with Crippen LogP contribution in [0.3, 0.4) is 0 Å². The van der Waals surface area contributed by atoms with Crippen molar-refractivity contribution in [1.82, 2.24) is 0 Å². The molecule has 2 aromatic carbocycles. The lowest BCUT2D eigenvalue weighted by atomic mass is 9.99. The molecule has 2 N–H and O–H groups in total. The molecule has 1 atom stereocenters. The summed E-state index contributed by atoms with van der Waals surface area (Å²) in [4.78, 5) is 0. The number of hydrogen-bond acceptors (Lipinski definition) is 1. The van der Waals surface area contributed by atoms with Gasteiger partial charge in [-0.25, -0.2) is 17.6 Å². The first-order valence-corrected chi connectivity index (χ1v) is 6.09. The average Bonchev–Trinajstić information content (AvgIpc) is 2.39. The van der Waals surface area contributed by atoms with Crippen LogP contribution in [0.1, 0.15) is 11.1 Å². The molecule has 20 heavy (non-hydrogen) atoms. The molecule has 0 aliphatic heterocycles. The molecule has 2 aromatic rings. The Kier molecular flexibility index (Phi) is 4.39. The fourth-order valence-corrected chi connectivity index (χ4v) is 2.03. The van der Waals surface area contributed by atoms with Gasteiger partial charge in [0.25, 0.3) is 0 Å². The first-order chi connectivity index (χ1) is 9.47. The summed E-state index contributed by atoms with van der Waals surface area (Å²) in [6.07, 6.45) is 0.357. The zero-order valence-electron chi connectivity index (χ0n) is 10.5. The normalized spacial score (nSPS) is 12.4. The van der Waals surface area contributed by atoms with Crippen molar-refractivity contribution in [2.45, 2.75) is 18.9 Å². The lowest BCUT2D eigenvalue weighted by Crippen LogP contribution is -2.26. The molecule has 1 nitrogen and oxygen atoms in total. The Morgan fingerprint density at radius 2 is 1.60 bits per heavy atom. The maximum atomic E-state index is 13.5. The minimum Gasteiger partial charge on any atom is -0.327 e. The molecule has 0 bridgehead atoms. The third-order valence-electron chi connectivity index (χ3n) is 3.00. The van der Waals surface area contributed by atoms with E-state index in [9.17, 15) is 17.6 Å². The van der Waals surface area contributed by atoms with Crippen LogP contribution in [0.4, 0.5) is 17.6 Å². The zero-order chi connectivity index (χ0) is 14.7. The maximum Gasteiger partial charge on any atom is 0.162 e. The highest BCUT2D eigenvalue weighted by atomic mass is 19.2. The van der Waals surface area contributed by atoms with E-state index in [-0.39, 0.29) is 18.4 Å². The van der Waals surface area contributed by atoms with E-state index in [2.05, 4.69) is 0 Å². The van der Waals surface area contributed by atoms with Crippen molar-refractivity contribution < 1.29 is 17.6 Å². The first kappa shape index (κ1) is 14.5. The van der Waals surface area contributed by atoms with Crippen LogP contribution in [0.5, 0.6) is 0 Å². The lowest BCUT2D eigenvalue weighted by Gasteiger charge is -2.13. The minimum absolute atomic E-state index is 0.114. The SMILES string of the molecule is NC(Cc1ccc(F)c(F)c1)Cc1cccc(F)c1F. The van der Waals surface area contributed by atoms with Gasteiger partial charge in [-0.2, -0.15) is 0 Å². The molecule has 0 saturated heterocycles. The van der Waals surface area contributed by atoms with E-state index in [1.165, 1.54) is 18.2 Å². The summed E-state index contributed by atoms with van der Waals surface area (Å²) >= 11 is 0. The maximum absolute atomic E-state index is 13.5. The Balaban J connectivity index is 2.07. The van der Waals surface area contributed by atoms with Gasteiger partial charge in [0.1, 0.15) is 0 Å². The van der Waals surface area contributed by atoms with E-state index in [1.807, 2.05) is 0 Å². The Hall–Kier alpha value is -1.88. The monoisotopic (exact) mass is 283 g/mol. The van der Waals surface area contributed by atoms with Crippen LogP contribution in [0.25, 0.3) is 0 Å². The predicted molar refractivity (Wildman–Crippen MR) is 68.1 cm³/mol. The van der Waals surface area contributed by atoms with Gasteiger partial charge in [-0.05, 0) is 42.2 Å². The van der Waals surface area contributed by atoms with Crippen molar-refractivity contribution in [1.29, 1.82) is 0 Å². The van der Waals surface area contributed by atoms with E-state index < -0.39 is 29.3 Å². The van der Waals surface area contributed by atoms with Crippen LogP contribution in [0.15, 0.2) is 36.4 Å². The Morgan fingerprint density at radius 1 is 0.850 bits per heavy atom. The molecular weight excluding hydrogens is 270 g/mol. The van der Waals surface area contributed by atoms with Gasteiger partial charge in [0, 0.05) is 6.04 Å². The quantitative estimate of drug-likeness (QED) is 0.856. The molecule has 0 fully saturated rings. The number of hydrogen-bond donors (Lipinski definition) is 1. The zero-order valence-corrected chi connectivity index (χ0v) is 10.5. The van der Waals surface area contributed by atoms with E-state index in [4.69, 9.17) is 5.73 Å². The molecule has 0 saturated carbocycles. The number of rotatable bonds is 4. The minimum atomic E-state index is -0.952. The van der Waals surface area contributed by atoms with Crippen molar-refractivity contribution in [2.24, 2.45) is 5.73 Å². The Labute approximate surface area is 114 Å². The summed E-state index contributed by atoms with van der Waals surface area (Å²) in [5, 5.41) is 0. The van der Waals surface area contributed by atoms with Gasteiger partial charge in [0.2, 0.25) is 0 Å². The molecule has 106 valence electrons. The van der Waals surface area contributed by atoms with E-state index >= 15 is 0 Å². The summed E-state index contributed by atoms with van der Waals surface area (Å²) < 4.78 is 52.4. The molecule has 0 aliphatic carbocycles. The summed E-state index contributed by atoms with van der Waals surface area (Å²) in [6.45, 7) is 0.